The molecule has 2 heteroatoms. The smallest absolute Gasteiger partial charge is 0.182 e. The molecule has 0 aromatic heterocycles. The second kappa shape index (κ2) is 4.04. The summed E-state index contributed by atoms with van der Waals surface area (Å²) in [6, 6.07) is 8.44. The van der Waals surface area contributed by atoms with E-state index < -0.39 is 0 Å². The Bertz CT molecular complexity index is 169. The van der Waals surface area contributed by atoms with E-state index >= 15 is 0 Å². The molecule has 0 heterocycles. The average molecular weight is 316 g/mol. The fraction of sp³-hybridized carbons (Fsp3) is 0.143. The molecule has 1 rings (SSSR count). The van der Waals surface area contributed by atoms with Crippen molar-refractivity contribution in [2.45, 2.75) is 6.92 Å². The van der Waals surface area contributed by atoms with Crippen molar-refractivity contribution in [1.82, 2.24) is 0 Å². The summed E-state index contributed by atoms with van der Waals surface area (Å²) in [6.07, 6.45) is 0. The summed E-state index contributed by atoms with van der Waals surface area (Å²) >= 11 is 5.61. The van der Waals surface area contributed by atoms with Gasteiger partial charge in [-0.3, -0.25) is 0 Å². The van der Waals surface area contributed by atoms with Crippen LogP contribution >= 0.6 is 11.6 Å². The standard InChI is InChI=1S/C7H6Cl.Os/c1-6-3-2-4-7(8)5-6;/h3-5H,1H3;/q-1;+1. The maximum Gasteiger partial charge on any atom is 1.00 e. The van der Waals surface area contributed by atoms with Gasteiger partial charge in [0.05, 0.1) is 0 Å². The second-order valence-electron chi connectivity index (χ2n) is 1.73. The van der Waals surface area contributed by atoms with Crippen LogP contribution in [0.5, 0.6) is 0 Å². The molecule has 9 heavy (non-hydrogen) atoms. The van der Waals surface area contributed by atoms with E-state index in [2.05, 4.69) is 6.07 Å². The van der Waals surface area contributed by atoms with Gasteiger partial charge < -0.3 is 0 Å². The molecule has 0 saturated heterocycles. The van der Waals surface area contributed by atoms with Gasteiger partial charge >= 0.3 is 19.8 Å². The van der Waals surface area contributed by atoms with Crippen molar-refractivity contribution in [2.75, 3.05) is 0 Å². The second-order valence-corrected chi connectivity index (χ2v) is 2.17. The van der Waals surface area contributed by atoms with Crippen molar-refractivity contribution >= 4 is 11.6 Å². The fourth-order valence-corrected chi connectivity index (χ4v) is 0.789. The zero-order chi connectivity index (χ0) is 5.98. The van der Waals surface area contributed by atoms with Crippen LogP contribution in [0.15, 0.2) is 18.2 Å². The SMILES string of the molecule is Cc1c[c-]cc(Cl)c1.[Os+]. The Morgan fingerprint density at radius 1 is 1.44 bits per heavy atom. The minimum Gasteiger partial charge on any atom is -0.182 e. The van der Waals surface area contributed by atoms with Crippen molar-refractivity contribution in [2.24, 2.45) is 0 Å². The normalized spacial score (nSPS) is 8.22. The van der Waals surface area contributed by atoms with Crippen molar-refractivity contribution in [3.63, 3.8) is 0 Å². The topological polar surface area (TPSA) is 0 Å². The van der Waals surface area contributed by atoms with Crippen LogP contribution in [0.2, 0.25) is 5.02 Å². The number of aryl methyl sites for hydroxylation is 1. The number of halogens is 1. The molecule has 0 fully saturated rings. The third-order valence-corrected chi connectivity index (χ3v) is 1.12. The molecular formula is C7H6ClOs. The Hall–Kier alpha value is 0.146. The third-order valence-electron chi connectivity index (χ3n) is 0.898. The summed E-state index contributed by atoms with van der Waals surface area (Å²) in [4.78, 5) is 0. The Balaban J connectivity index is 0.000000640. The minimum absolute atomic E-state index is 0. The Morgan fingerprint density at radius 3 is 2.44 bits per heavy atom. The Labute approximate surface area is 73.3 Å². The van der Waals surface area contributed by atoms with Crippen LogP contribution in [0.1, 0.15) is 5.56 Å². The summed E-state index contributed by atoms with van der Waals surface area (Å²) in [6.45, 7) is 1.99. The van der Waals surface area contributed by atoms with Crippen molar-refractivity contribution in [3.8, 4) is 0 Å². The first-order valence-corrected chi connectivity index (χ1v) is 2.80. The van der Waals surface area contributed by atoms with E-state index in [0.29, 0.717) is 0 Å². The Morgan fingerprint density at radius 2 is 2.11 bits per heavy atom. The fourth-order valence-electron chi connectivity index (χ4n) is 0.554. The monoisotopic (exact) mass is 317 g/mol. The molecule has 0 saturated carbocycles. The molecule has 0 aliphatic heterocycles. The van der Waals surface area contributed by atoms with Gasteiger partial charge in [0, 0.05) is 0 Å². The van der Waals surface area contributed by atoms with E-state index in [0.717, 1.165) is 10.6 Å². The van der Waals surface area contributed by atoms with Crippen LogP contribution in [-0.4, -0.2) is 0 Å². The van der Waals surface area contributed by atoms with Crippen LogP contribution < -0.4 is 0 Å². The molecule has 0 amide bonds. The molecule has 0 spiro atoms. The number of benzene rings is 1. The first-order valence-electron chi connectivity index (χ1n) is 2.42. The van der Waals surface area contributed by atoms with E-state index in [1.165, 1.54) is 0 Å². The maximum absolute atomic E-state index is 5.61. The predicted octanol–water partition coefficient (Wildman–Crippen LogP) is 2.45. The van der Waals surface area contributed by atoms with E-state index in [-0.39, 0.29) is 19.8 Å². The summed E-state index contributed by atoms with van der Waals surface area (Å²) in [5, 5.41) is 0.755. The molecule has 1 radical (unpaired) electrons. The molecule has 0 atom stereocenters. The van der Waals surface area contributed by atoms with E-state index in [1.54, 1.807) is 6.07 Å². The number of rotatable bonds is 0. The molecule has 49 valence electrons. The zero-order valence-corrected chi connectivity index (χ0v) is 8.26. The zero-order valence-electron chi connectivity index (χ0n) is 4.96. The summed E-state index contributed by atoms with van der Waals surface area (Å²) in [7, 11) is 0. The predicted molar refractivity (Wildman–Crippen MR) is 35.0 cm³/mol. The van der Waals surface area contributed by atoms with Crippen LogP contribution in [0.4, 0.5) is 0 Å². The van der Waals surface area contributed by atoms with Gasteiger partial charge in [-0.2, -0.15) is 41.4 Å². The molecule has 0 unspecified atom stereocenters. The first kappa shape index (κ1) is 9.15. The summed E-state index contributed by atoms with van der Waals surface area (Å²) in [5.74, 6) is 0. The largest absolute Gasteiger partial charge is 1.00 e. The molecular weight excluding hydrogens is 310 g/mol. The van der Waals surface area contributed by atoms with Gasteiger partial charge in [0.15, 0.2) is 0 Å². The Kier molecular flexibility index (Phi) is 4.11. The van der Waals surface area contributed by atoms with Crippen LogP contribution in [0, 0.1) is 13.0 Å². The van der Waals surface area contributed by atoms with Crippen molar-refractivity contribution in [1.29, 1.82) is 0 Å². The van der Waals surface area contributed by atoms with Gasteiger partial charge in [0.25, 0.3) is 0 Å². The van der Waals surface area contributed by atoms with Gasteiger partial charge in [0.1, 0.15) is 0 Å². The van der Waals surface area contributed by atoms with E-state index in [1.807, 2.05) is 19.1 Å². The van der Waals surface area contributed by atoms with Crippen LogP contribution in [0.3, 0.4) is 0 Å². The molecule has 1 aromatic carbocycles. The minimum atomic E-state index is 0. The molecule has 0 N–H and O–H groups in total. The summed E-state index contributed by atoms with van der Waals surface area (Å²) < 4.78 is 0. The van der Waals surface area contributed by atoms with Gasteiger partial charge in [-0.1, -0.05) is 11.9 Å². The third kappa shape index (κ3) is 2.99. The molecule has 0 aliphatic rings. The van der Waals surface area contributed by atoms with Crippen molar-refractivity contribution in [3.05, 3.63) is 34.9 Å². The van der Waals surface area contributed by atoms with Crippen LogP contribution in [-0.2, 0) is 19.8 Å². The molecule has 1 aromatic rings. The van der Waals surface area contributed by atoms with E-state index in [9.17, 15) is 0 Å². The summed E-state index contributed by atoms with van der Waals surface area (Å²) in [5.41, 5.74) is 1.15. The van der Waals surface area contributed by atoms with E-state index in [4.69, 9.17) is 11.6 Å². The molecule has 0 nitrogen and oxygen atoms in total. The van der Waals surface area contributed by atoms with Gasteiger partial charge in [-0.15, -0.1) is 0 Å². The number of hydrogen-bond acceptors (Lipinski definition) is 0. The van der Waals surface area contributed by atoms with Gasteiger partial charge in [-0.05, 0) is 0 Å². The average Bonchev–Trinajstić information content (AvgIpc) is 1.64. The first-order chi connectivity index (χ1) is 3.79. The quantitative estimate of drug-likeness (QED) is 0.645. The molecule has 0 aliphatic carbocycles. The van der Waals surface area contributed by atoms with Crippen molar-refractivity contribution < 1.29 is 19.8 Å². The number of hydrogen-bond donors (Lipinski definition) is 0. The van der Waals surface area contributed by atoms with Gasteiger partial charge in [-0.25, -0.2) is 0 Å². The molecule has 0 bridgehead atoms. The maximum atomic E-state index is 5.61. The van der Waals surface area contributed by atoms with Gasteiger partial charge in [0.2, 0.25) is 0 Å². The van der Waals surface area contributed by atoms with Crippen LogP contribution in [0.25, 0.3) is 0 Å².